The summed E-state index contributed by atoms with van der Waals surface area (Å²) in [4.78, 5) is 2.08. The number of aromatic nitrogens is 2. The molecule has 0 aliphatic heterocycles. The number of nitrogen functional groups attached to an aromatic ring is 1. The molecule has 3 N–H and O–H groups in total. The number of anilines is 1. The van der Waals surface area contributed by atoms with Crippen molar-refractivity contribution in [3.8, 4) is 0 Å². The van der Waals surface area contributed by atoms with Crippen LogP contribution in [0.25, 0.3) is 0 Å². The van der Waals surface area contributed by atoms with Crippen molar-refractivity contribution in [1.29, 1.82) is 0 Å². The predicted octanol–water partition coefficient (Wildman–Crippen LogP) is -0.459. The van der Waals surface area contributed by atoms with E-state index in [1.54, 1.807) is 14.0 Å². The molecule has 0 atom stereocenters. The lowest BCUT2D eigenvalue weighted by molar-refractivity contribution is 0.400. The summed E-state index contributed by atoms with van der Waals surface area (Å²) in [5.74, 6) is 0.160. The molecule has 1 aromatic rings. The van der Waals surface area contributed by atoms with Crippen molar-refractivity contribution in [1.82, 2.24) is 19.4 Å². The van der Waals surface area contributed by atoms with Gasteiger partial charge in [-0.05, 0) is 34.0 Å². The van der Waals surface area contributed by atoms with Crippen LogP contribution < -0.4 is 10.5 Å². The molecule has 0 fully saturated rings. The van der Waals surface area contributed by atoms with Crippen LogP contribution in [0.15, 0.2) is 4.90 Å². The average Bonchev–Trinajstić information content (AvgIpc) is 2.48. The third-order valence-electron chi connectivity index (χ3n) is 2.55. The zero-order chi connectivity index (χ0) is 13.9. The lowest BCUT2D eigenvalue weighted by atomic mass is 10.4. The molecule has 0 amide bonds. The molecule has 0 unspecified atom stereocenters. The molecule has 0 aromatic carbocycles. The third-order valence-corrected chi connectivity index (χ3v) is 4.18. The van der Waals surface area contributed by atoms with Crippen molar-refractivity contribution < 1.29 is 8.42 Å². The molecular formula is C10H21N5O2S. The first-order valence-corrected chi connectivity index (χ1v) is 7.17. The van der Waals surface area contributed by atoms with Gasteiger partial charge in [0, 0.05) is 13.6 Å². The van der Waals surface area contributed by atoms with Gasteiger partial charge in [0.2, 0.25) is 10.0 Å². The van der Waals surface area contributed by atoms with Crippen LogP contribution in [0.5, 0.6) is 0 Å². The van der Waals surface area contributed by atoms with Crippen LogP contribution in [0.1, 0.15) is 12.1 Å². The summed E-state index contributed by atoms with van der Waals surface area (Å²) >= 11 is 0. The Morgan fingerprint density at radius 3 is 2.50 bits per heavy atom. The third kappa shape index (κ3) is 3.44. The van der Waals surface area contributed by atoms with E-state index in [4.69, 9.17) is 5.73 Å². The summed E-state index contributed by atoms with van der Waals surface area (Å²) in [5.41, 5.74) is 6.13. The van der Waals surface area contributed by atoms with E-state index in [0.29, 0.717) is 12.2 Å². The first-order valence-electron chi connectivity index (χ1n) is 5.69. The highest BCUT2D eigenvalue weighted by molar-refractivity contribution is 7.89. The zero-order valence-electron chi connectivity index (χ0n) is 11.3. The molecule has 0 aliphatic rings. The topological polar surface area (TPSA) is 93.2 Å². The Labute approximate surface area is 108 Å². The molecule has 1 heterocycles. The van der Waals surface area contributed by atoms with Crippen LogP contribution in [0.3, 0.4) is 0 Å². The smallest absolute Gasteiger partial charge is 0.246 e. The first-order chi connectivity index (χ1) is 8.25. The summed E-state index contributed by atoms with van der Waals surface area (Å²) in [6, 6.07) is 0. The number of nitrogens with two attached hydrogens (primary N) is 1. The Morgan fingerprint density at radius 1 is 1.44 bits per heavy atom. The van der Waals surface area contributed by atoms with E-state index >= 15 is 0 Å². The Hall–Kier alpha value is -1.12. The largest absolute Gasteiger partial charge is 0.383 e. The van der Waals surface area contributed by atoms with Gasteiger partial charge in [-0.2, -0.15) is 5.10 Å². The fourth-order valence-electron chi connectivity index (χ4n) is 1.66. The summed E-state index contributed by atoms with van der Waals surface area (Å²) in [5, 5.41) is 4.00. The van der Waals surface area contributed by atoms with E-state index in [-0.39, 0.29) is 10.7 Å². The molecule has 0 aliphatic carbocycles. The minimum absolute atomic E-state index is 0.0786. The maximum Gasteiger partial charge on any atom is 0.246 e. The van der Waals surface area contributed by atoms with E-state index in [1.165, 1.54) is 4.68 Å². The Bertz CT molecular complexity index is 507. The van der Waals surface area contributed by atoms with Gasteiger partial charge >= 0.3 is 0 Å². The van der Waals surface area contributed by atoms with Gasteiger partial charge in [-0.3, -0.25) is 4.68 Å². The van der Waals surface area contributed by atoms with Gasteiger partial charge in [-0.15, -0.1) is 0 Å². The van der Waals surface area contributed by atoms with Crippen molar-refractivity contribution in [3.63, 3.8) is 0 Å². The predicted molar refractivity (Wildman–Crippen MR) is 70.7 cm³/mol. The van der Waals surface area contributed by atoms with Crippen molar-refractivity contribution in [2.75, 3.05) is 32.9 Å². The first kappa shape index (κ1) is 14.9. The fraction of sp³-hybridized carbons (Fsp3) is 0.700. The summed E-state index contributed by atoms with van der Waals surface area (Å²) in [6.45, 7) is 2.84. The lowest BCUT2D eigenvalue weighted by Crippen LogP contribution is -2.28. The highest BCUT2D eigenvalue weighted by Crippen LogP contribution is 2.20. The number of rotatable bonds is 6. The van der Waals surface area contributed by atoms with Crippen LogP contribution in [-0.4, -0.2) is 50.3 Å². The molecule has 0 saturated heterocycles. The van der Waals surface area contributed by atoms with E-state index in [1.807, 2.05) is 19.0 Å². The minimum atomic E-state index is -3.58. The molecule has 0 saturated carbocycles. The van der Waals surface area contributed by atoms with Crippen LogP contribution in [-0.2, 0) is 17.1 Å². The lowest BCUT2D eigenvalue weighted by Gasteiger charge is -2.10. The maximum absolute atomic E-state index is 12.1. The number of hydrogen-bond donors (Lipinski definition) is 2. The molecule has 7 nitrogen and oxygen atoms in total. The Balaban J connectivity index is 2.75. The average molecular weight is 275 g/mol. The Kier molecular flexibility index (Phi) is 4.71. The fourth-order valence-corrected chi connectivity index (χ4v) is 3.06. The van der Waals surface area contributed by atoms with Crippen LogP contribution in [0.4, 0.5) is 5.82 Å². The molecule has 1 aromatic heterocycles. The molecule has 0 spiro atoms. The summed E-state index contributed by atoms with van der Waals surface area (Å²) < 4.78 is 28.1. The van der Waals surface area contributed by atoms with Crippen molar-refractivity contribution in [3.05, 3.63) is 5.69 Å². The zero-order valence-corrected chi connectivity index (χ0v) is 12.1. The minimum Gasteiger partial charge on any atom is -0.383 e. The molecule has 8 heteroatoms. The molecule has 0 radical (unpaired) electrons. The van der Waals surface area contributed by atoms with Gasteiger partial charge in [-0.25, -0.2) is 13.1 Å². The quantitative estimate of drug-likeness (QED) is 0.685. The van der Waals surface area contributed by atoms with E-state index in [0.717, 1.165) is 13.0 Å². The number of nitrogens with one attached hydrogen (secondary N) is 1. The molecular weight excluding hydrogens is 254 g/mol. The molecule has 1 rings (SSSR count). The molecule has 18 heavy (non-hydrogen) atoms. The monoisotopic (exact) mass is 275 g/mol. The van der Waals surface area contributed by atoms with E-state index in [2.05, 4.69) is 9.82 Å². The van der Waals surface area contributed by atoms with Crippen LogP contribution in [0.2, 0.25) is 0 Å². The van der Waals surface area contributed by atoms with Gasteiger partial charge in [0.05, 0.1) is 5.69 Å². The van der Waals surface area contributed by atoms with Gasteiger partial charge in [-0.1, -0.05) is 0 Å². The van der Waals surface area contributed by atoms with Crippen molar-refractivity contribution in [2.24, 2.45) is 7.05 Å². The van der Waals surface area contributed by atoms with E-state index in [9.17, 15) is 8.42 Å². The van der Waals surface area contributed by atoms with Crippen molar-refractivity contribution in [2.45, 2.75) is 18.2 Å². The number of aryl methyl sites for hydroxylation is 2. The van der Waals surface area contributed by atoms with Gasteiger partial charge in [0.15, 0.2) is 0 Å². The van der Waals surface area contributed by atoms with Gasteiger partial charge in [0.1, 0.15) is 10.7 Å². The highest BCUT2D eigenvalue weighted by atomic mass is 32.2. The van der Waals surface area contributed by atoms with Crippen LogP contribution in [0, 0.1) is 6.92 Å². The molecule has 104 valence electrons. The van der Waals surface area contributed by atoms with E-state index < -0.39 is 10.0 Å². The number of sulfonamides is 1. The summed E-state index contributed by atoms with van der Waals surface area (Å²) in [7, 11) is 1.93. The number of hydrogen-bond acceptors (Lipinski definition) is 5. The molecule has 0 bridgehead atoms. The standard InChI is InChI=1S/C10H21N5O2S/c1-8-9(10(11)15(4)13-8)18(16,17)12-6-5-7-14(2)3/h12H,5-7,11H2,1-4H3. The van der Waals surface area contributed by atoms with Gasteiger partial charge < -0.3 is 10.6 Å². The van der Waals surface area contributed by atoms with Crippen molar-refractivity contribution >= 4 is 15.8 Å². The summed E-state index contributed by atoms with van der Waals surface area (Å²) in [6.07, 6.45) is 0.742. The SMILES string of the molecule is Cc1nn(C)c(N)c1S(=O)(=O)NCCCN(C)C. The number of nitrogens with zero attached hydrogens (tertiary/aromatic N) is 3. The normalized spacial score (nSPS) is 12.3. The Morgan fingerprint density at radius 2 is 2.06 bits per heavy atom. The van der Waals surface area contributed by atoms with Gasteiger partial charge in [0.25, 0.3) is 0 Å². The second-order valence-electron chi connectivity index (χ2n) is 4.48. The second kappa shape index (κ2) is 5.68. The second-order valence-corrected chi connectivity index (χ2v) is 6.18. The highest BCUT2D eigenvalue weighted by Gasteiger charge is 2.23. The maximum atomic E-state index is 12.1. The van der Waals surface area contributed by atoms with Crippen LogP contribution >= 0.6 is 0 Å².